The van der Waals surface area contributed by atoms with Crippen LogP contribution in [0.1, 0.15) is 30.9 Å². The number of benzene rings is 1. The van der Waals surface area contributed by atoms with Crippen molar-refractivity contribution < 1.29 is 18.8 Å². The molecule has 2 aliphatic rings. The molecule has 1 unspecified atom stereocenters. The highest BCUT2D eigenvalue weighted by atomic mass is 32.1. The van der Waals surface area contributed by atoms with Gasteiger partial charge in [-0.15, -0.1) is 0 Å². The van der Waals surface area contributed by atoms with Crippen LogP contribution in [-0.4, -0.2) is 46.3 Å². The molecule has 1 aromatic heterocycles. The topological polar surface area (TPSA) is 69.7 Å². The lowest BCUT2D eigenvalue weighted by atomic mass is 9.78. The van der Waals surface area contributed by atoms with Crippen LogP contribution in [0.5, 0.6) is 0 Å². The summed E-state index contributed by atoms with van der Waals surface area (Å²) in [5, 5.41) is 6.81. The van der Waals surface area contributed by atoms with Crippen molar-refractivity contribution in [3.8, 4) is 0 Å². The van der Waals surface area contributed by atoms with Crippen LogP contribution < -0.4 is 5.32 Å². The Balaban J connectivity index is 1.38. The summed E-state index contributed by atoms with van der Waals surface area (Å²) in [5.41, 5.74) is 0.728. The molecule has 0 radical (unpaired) electrons. The van der Waals surface area contributed by atoms with Crippen molar-refractivity contribution in [3.05, 3.63) is 58.0 Å². The standard InChI is InChI=1S/C22H24FN3O3S/c1-22(17-6-9-25(10-7-17)19(27)12-16-8-11-30-14-16)20(28)26(21(29)24-22)13-15-2-4-18(23)5-3-15/h2-5,8,11,14,17H,6-7,9-10,12-13H2,1H3,(H,24,29). The SMILES string of the molecule is CC1(C2CCN(C(=O)Cc3ccsc3)CC2)NC(=O)N(Cc2ccc(F)cc2)C1=O. The third kappa shape index (κ3) is 3.96. The van der Waals surface area contributed by atoms with Crippen molar-refractivity contribution in [3.63, 3.8) is 0 Å². The molecule has 30 heavy (non-hydrogen) atoms. The Morgan fingerprint density at radius 3 is 2.50 bits per heavy atom. The predicted octanol–water partition coefficient (Wildman–Crippen LogP) is 3.18. The Morgan fingerprint density at radius 1 is 1.17 bits per heavy atom. The summed E-state index contributed by atoms with van der Waals surface area (Å²) in [7, 11) is 0. The summed E-state index contributed by atoms with van der Waals surface area (Å²) >= 11 is 1.58. The van der Waals surface area contributed by atoms with Crippen LogP contribution in [0, 0.1) is 11.7 Å². The van der Waals surface area contributed by atoms with Gasteiger partial charge in [0, 0.05) is 13.1 Å². The maximum Gasteiger partial charge on any atom is 0.325 e. The highest BCUT2D eigenvalue weighted by Crippen LogP contribution is 2.34. The van der Waals surface area contributed by atoms with Crippen LogP contribution in [0.4, 0.5) is 9.18 Å². The number of nitrogens with zero attached hydrogens (tertiary/aromatic N) is 2. The minimum atomic E-state index is -0.986. The average molecular weight is 430 g/mol. The van der Waals surface area contributed by atoms with Gasteiger partial charge in [-0.05, 0) is 65.8 Å². The second kappa shape index (κ2) is 8.18. The predicted molar refractivity (Wildman–Crippen MR) is 111 cm³/mol. The van der Waals surface area contributed by atoms with Gasteiger partial charge in [0.1, 0.15) is 11.4 Å². The van der Waals surface area contributed by atoms with Crippen LogP contribution >= 0.6 is 11.3 Å². The van der Waals surface area contributed by atoms with Crippen LogP contribution in [0.25, 0.3) is 0 Å². The first kappa shape index (κ1) is 20.5. The largest absolute Gasteiger partial charge is 0.342 e. The second-order valence-corrected chi connectivity index (χ2v) is 8.89. The van der Waals surface area contributed by atoms with Gasteiger partial charge in [0.25, 0.3) is 5.91 Å². The summed E-state index contributed by atoms with van der Waals surface area (Å²) < 4.78 is 13.1. The number of thiophene rings is 1. The van der Waals surface area contributed by atoms with E-state index in [9.17, 15) is 18.8 Å². The number of imide groups is 1. The average Bonchev–Trinajstić information content (AvgIpc) is 3.32. The van der Waals surface area contributed by atoms with Gasteiger partial charge in [0.15, 0.2) is 0 Å². The number of urea groups is 1. The van der Waals surface area contributed by atoms with Gasteiger partial charge < -0.3 is 10.2 Å². The van der Waals surface area contributed by atoms with Crippen LogP contribution in [0.2, 0.25) is 0 Å². The van der Waals surface area contributed by atoms with Gasteiger partial charge >= 0.3 is 6.03 Å². The van der Waals surface area contributed by atoms with E-state index in [-0.39, 0.29) is 30.1 Å². The molecule has 1 N–H and O–H groups in total. The lowest BCUT2D eigenvalue weighted by molar-refractivity contribution is -0.135. The molecule has 3 heterocycles. The van der Waals surface area contributed by atoms with E-state index in [1.165, 1.54) is 17.0 Å². The van der Waals surface area contributed by atoms with E-state index in [1.807, 2.05) is 21.7 Å². The third-order valence-electron chi connectivity index (χ3n) is 6.15. The summed E-state index contributed by atoms with van der Waals surface area (Å²) in [6.45, 7) is 3.03. The number of hydrogen-bond acceptors (Lipinski definition) is 4. The van der Waals surface area contributed by atoms with Crippen LogP contribution in [0.15, 0.2) is 41.1 Å². The van der Waals surface area contributed by atoms with Crippen LogP contribution in [-0.2, 0) is 22.6 Å². The molecule has 0 bridgehead atoms. The Kier molecular flexibility index (Phi) is 5.60. The summed E-state index contributed by atoms with van der Waals surface area (Å²) in [4.78, 5) is 41.2. The number of hydrogen-bond donors (Lipinski definition) is 1. The first-order valence-corrected chi connectivity index (χ1v) is 11.0. The summed E-state index contributed by atoms with van der Waals surface area (Å²) in [6, 6.07) is 7.30. The molecule has 0 saturated carbocycles. The Hall–Kier alpha value is -2.74. The smallest absolute Gasteiger partial charge is 0.325 e. The van der Waals surface area contributed by atoms with Crippen molar-refractivity contribution in [1.82, 2.24) is 15.1 Å². The highest BCUT2D eigenvalue weighted by molar-refractivity contribution is 7.08. The molecule has 0 aliphatic carbocycles. The van der Waals surface area contributed by atoms with Gasteiger partial charge in [0.05, 0.1) is 13.0 Å². The van der Waals surface area contributed by atoms with Gasteiger partial charge in [-0.1, -0.05) is 12.1 Å². The molecule has 2 aromatic rings. The van der Waals surface area contributed by atoms with E-state index in [2.05, 4.69) is 5.32 Å². The van der Waals surface area contributed by atoms with E-state index < -0.39 is 11.6 Å². The fourth-order valence-corrected chi connectivity index (χ4v) is 4.96. The number of amides is 4. The van der Waals surface area contributed by atoms with E-state index >= 15 is 0 Å². The minimum absolute atomic E-state index is 0.0441. The molecule has 158 valence electrons. The number of likely N-dealkylation sites (tertiary alicyclic amines) is 1. The molecule has 8 heteroatoms. The molecular weight excluding hydrogens is 405 g/mol. The van der Waals surface area contributed by atoms with Gasteiger partial charge in [0.2, 0.25) is 5.91 Å². The molecule has 2 aliphatic heterocycles. The van der Waals surface area contributed by atoms with E-state index in [4.69, 9.17) is 0 Å². The number of rotatable bonds is 5. The molecule has 2 fully saturated rings. The molecule has 6 nitrogen and oxygen atoms in total. The maximum atomic E-state index is 13.1. The van der Waals surface area contributed by atoms with E-state index in [1.54, 1.807) is 30.4 Å². The van der Waals surface area contributed by atoms with E-state index in [0.29, 0.717) is 37.9 Å². The van der Waals surface area contributed by atoms with Gasteiger partial charge in [-0.3, -0.25) is 14.5 Å². The van der Waals surface area contributed by atoms with Crippen LogP contribution in [0.3, 0.4) is 0 Å². The molecule has 2 saturated heterocycles. The van der Waals surface area contributed by atoms with Crippen molar-refractivity contribution in [1.29, 1.82) is 0 Å². The normalized spacial score (nSPS) is 22.5. The maximum absolute atomic E-state index is 13.1. The molecule has 1 aromatic carbocycles. The number of piperidine rings is 1. The molecular formula is C22H24FN3O3S. The van der Waals surface area contributed by atoms with Crippen molar-refractivity contribution in [2.75, 3.05) is 13.1 Å². The lowest BCUT2D eigenvalue weighted by Gasteiger charge is -2.39. The second-order valence-electron chi connectivity index (χ2n) is 8.11. The molecule has 4 amide bonds. The number of nitrogens with one attached hydrogen (secondary N) is 1. The molecule has 1 atom stereocenters. The number of halogens is 1. The minimum Gasteiger partial charge on any atom is -0.342 e. The lowest BCUT2D eigenvalue weighted by Crippen LogP contribution is -2.54. The number of carbonyl (C=O) groups is 3. The first-order chi connectivity index (χ1) is 14.4. The molecule has 0 spiro atoms. The zero-order valence-electron chi connectivity index (χ0n) is 16.8. The Morgan fingerprint density at radius 2 is 1.87 bits per heavy atom. The fraction of sp³-hybridized carbons (Fsp3) is 0.409. The zero-order valence-corrected chi connectivity index (χ0v) is 17.6. The molecule has 4 rings (SSSR count). The summed E-state index contributed by atoms with van der Waals surface area (Å²) in [5.74, 6) is -0.574. The van der Waals surface area contributed by atoms with E-state index in [0.717, 1.165) is 5.56 Å². The highest BCUT2D eigenvalue weighted by Gasteiger charge is 2.52. The third-order valence-corrected chi connectivity index (χ3v) is 6.89. The first-order valence-electron chi connectivity index (χ1n) is 10.0. The van der Waals surface area contributed by atoms with Crippen molar-refractivity contribution >= 4 is 29.2 Å². The summed E-state index contributed by atoms with van der Waals surface area (Å²) in [6.07, 6.45) is 1.71. The quantitative estimate of drug-likeness (QED) is 0.743. The van der Waals surface area contributed by atoms with Gasteiger partial charge in [-0.2, -0.15) is 11.3 Å². The Bertz CT molecular complexity index is 939. The zero-order chi connectivity index (χ0) is 21.3. The fourth-order valence-electron chi connectivity index (χ4n) is 4.29. The van der Waals surface area contributed by atoms with Gasteiger partial charge in [-0.25, -0.2) is 9.18 Å². The Labute approximate surface area is 178 Å². The van der Waals surface area contributed by atoms with Crippen molar-refractivity contribution in [2.24, 2.45) is 5.92 Å². The monoisotopic (exact) mass is 429 g/mol. The van der Waals surface area contributed by atoms with Crippen molar-refractivity contribution in [2.45, 2.75) is 38.3 Å². The number of carbonyl (C=O) groups excluding carboxylic acids is 3.